The van der Waals surface area contributed by atoms with Gasteiger partial charge in [0.05, 0.1) is 19.2 Å². The quantitative estimate of drug-likeness (QED) is 0.547. The fraction of sp³-hybridized carbons (Fsp3) is 0.250. The second-order valence-electron chi connectivity index (χ2n) is 7.57. The van der Waals surface area contributed by atoms with Crippen LogP contribution in [-0.4, -0.2) is 40.8 Å². The molecule has 3 aromatic rings. The Morgan fingerprint density at radius 3 is 2.81 bits per heavy atom. The molecule has 8 nitrogen and oxygen atoms in total. The molecule has 1 aromatic heterocycles. The summed E-state index contributed by atoms with van der Waals surface area (Å²) in [4.78, 5) is 42.2. The monoisotopic (exact) mass is 433 g/mol. The summed E-state index contributed by atoms with van der Waals surface area (Å²) in [6.45, 7) is 0.498. The highest BCUT2D eigenvalue weighted by atomic mass is 16.5. The van der Waals surface area contributed by atoms with Gasteiger partial charge in [-0.05, 0) is 42.3 Å². The number of esters is 1. The number of nitrogens with two attached hydrogens (primary N) is 1. The third kappa shape index (κ3) is 4.25. The van der Waals surface area contributed by atoms with Gasteiger partial charge in [-0.25, -0.2) is 0 Å². The van der Waals surface area contributed by atoms with Crippen molar-refractivity contribution in [3.8, 4) is 5.75 Å². The highest BCUT2D eigenvalue weighted by Crippen LogP contribution is 2.33. The van der Waals surface area contributed by atoms with Gasteiger partial charge in [0, 0.05) is 29.1 Å². The third-order valence-electron chi connectivity index (χ3n) is 5.57. The molecular formula is C24H23N3O5. The first-order valence-corrected chi connectivity index (χ1v) is 10.2. The van der Waals surface area contributed by atoms with E-state index in [1.165, 1.54) is 12.0 Å². The van der Waals surface area contributed by atoms with E-state index in [9.17, 15) is 14.4 Å². The van der Waals surface area contributed by atoms with Gasteiger partial charge in [0.15, 0.2) is 0 Å². The summed E-state index contributed by atoms with van der Waals surface area (Å²) in [5.41, 5.74) is 8.58. The van der Waals surface area contributed by atoms with E-state index in [-0.39, 0.29) is 25.3 Å². The van der Waals surface area contributed by atoms with E-state index in [0.717, 1.165) is 16.5 Å². The van der Waals surface area contributed by atoms with E-state index >= 15 is 0 Å². The molecule has 0 saturated carbocycles. The predicted octanol–water partition coefficient (Wildman–Crippen LogP) is 2.58. The van der Waals surface area contributed by atoms with Crippen LogP contribution in [0.2, 0.25) is 0 Å². The van der Waals surface area contributed by atoms with Crippen LogP contribution in [0.15, 0.2) is 54.7 Å². The van der Waals surface area contributed by atoms with Crippen LogP contribution in [0.1, 0.15) is 34.3 Å². The molecule has 2 amide bonds. The lowest BCUT2D eigenvalue weighted by molar-refractivity contribution is -0.141. The molecule has 8 heteroatoms. The number of amides is 2. The zero-order valence-electron chi connectivity index (χ0n) is 17.6. The van der Waals surface area contributed by atoms with Crippen molar-refractivity contribution in [2.24, 2.45) is 5.73 Å². The minimum atomic E-state index is -0.908. The van der Waals surface area contributed by atoms with Crippen LogP contribution in [0.4, 0.5) is 0 Å². The van der Waals surface area contributed by atoms with Gasteiger partial charge in [-0.3, -0.25) is 19.4 Å². The van der Waals surface area contributed by atoms with Gasteiger partial charge >= 0.3 is 5.97 Å². The Morgan fingerprint density at radius 1 is 1.19 bits per heavy atom. The maximum atomic E-state index is 13.0. The molecule has 0 bridgehead atoms. The number of primary amides is 1. The van der Waals surface area contributed by atoms with Crippen molar-refractivity contribution in [2.45, 2.75) is 32.0 Å². The first-order chi connectivity index (χ1) is 15.5. The maximum Gasteiger partial charge on any atom is 0.305 e. The molecule has 1 aliphatic rings. The van der Waals surface area contributed by atoms with E-state index in [4.69, 9.17) is 10.5 Å². The fourth-order valence-corrected chi connectivity index (χ4v) is 3.90. The topological polar surface area (TPSA) is 112 Å². The second-order valence-corrected chi connectivity index (χ2v) is 7.57. The molecule has 1 aliphatic heterocycles. The number of hydrogen-bond donors (Lipinski definition) is 1. The Morgan fingerprint density at radius 2 is 2.03 bits per heavy atom. The molecule has 2 aromatic carbocycles. The summed E-state index contributed by atoms with van der Waals surface area (Å²) in [6, 6.07) is 14.1. The van der Waals surface area contributed by atoms with Gasteiger partial charge in [-0.1, -0.05) is 18.2 Å². The number of carbonyl (C=O) groups is 3. The van der Waals surface area contributed by atoms with Crippen LogP contribution in [0.25, 0.3) is 10.9 Å². The Labute approximate surface area is 184 Å². The molecule has 0 fully saturated rings. The number of methoxy groups -OCH3 is 1. The lowest BCUT2D eigenvalue weighted by atomic mass is 10.1. The summed E-state index contributed by atoms with van der Waals surface area (Å²) in [6.07, 6.45) is 1.84. The first kappa shape index (κ1) is 21.3. The van der Waals surface area contributed by atoms with Crippen molar-refractivity contribution in [3.63, 3.8) is 0 Å². The molecule has 2 heterocycles. The molecule has 4 rings (SSSR count). The third-order valence-corrected chi connectivity index (χ3v) is 5.57. The number of pyridine rings is 1. The van der Waals surface area contributed by atoms with Crippen LogP contribution in [0.5, 0.6) is 5.75 Å². The molecule has 0 saturated heterocycles. The van der Waals surface area contributed by atoms with Crippen molar-refractivity contribution in [1.29, 1.82) is 0 Å². The number of rotatable bonds is 8. The van der Waals surface area contributed by atoms with Gasteiger partial charge in [-0.15, -0.1) is 0 Å². The van der Waals surface area contributed by atoms with Crippen LogP contribution in [0.3, 0.4) is 0 Å². The fourth-order valence-electron chi connectivity index (χ4n) is 3.90. The second kappa shape index (κ2) is 9.05. The molecule has 0 spiro atoms. The number of benzene rings is 2. The number of hydrogen-bond acceptors (Lipinski definition) is 6. The molecule has 0 aliphatic carbocycles. The molecule has 0 radical (unpaired) electrons. The normalized spacial score (nSPS) is 13.7. The Hall–Kier alpha value is -3.94. The highest BCUT2D eigenvalue weighted by Gasteiger charge is 2.37. The van der Waals surface area contributed by atoms with Crippen molar-refractivity contribution < 1.29 is 23.9 Å². The van der Waals surface area contributed by atoms with Crippen molar-refractivity contribution >= 4 is 28.7 Å². The van der Waals surface area contributed by atoms with Gasteiger partial charge in [0.1, 0.15) is 18.4 Å². The van der Waals surface area contributed by atoms with Gasteiger partial charge < -0.3 is 20.1 Å². The largest absolute Gasteiger partial charge is 0.489 e. The number of aromatic nitrogens is 1. The van der Waals surface area contributed by atoms with E-state index in [1.807, 2.05) is 30.3 Å². The molecule has 1 atom stereocenters. The molecule has 2 N–H and O–H groups in total. The minimum absolute atomic E-state index is 0.00951. The van der Waals surface area contributed by atoms with Gasteiger partial charge in [-0.2, -0.15) is 0 Å². The number of carbonyl (C=O) groups excluding carboxylic acids is 3. The zero-order valence-corrected chi connectivity index (χ0v) is 17.6. The molecule has 164 valence electrons. The Kier molecular flexibility index (Phi) is 6.02. The van der Waals surface area contributed by atoms with Gasteiger partial charge in [0.2, 0.25) is 5.91 Å². The minimum Gasteiger partial charge on any atom is -0.489 e. The lowest BCUT2D eigenvalue weighted by Gasteiger charge is -2.24. The Balaban J connectivity index is 1.52. The summed E-state index contributed by atoms with van der Waals surface area (Å²) in [7, 11) is 1.27. The summed E-state index contributed by atoms with van der Waals surface area (Å²) in [5, 5.41) is 1.02. The Bertz CT molecular complexity index is 1190. The molecule has 1 unspecified atom stereocenters. The summed E-state index contributed by atoms with van der Waals surface area (Å²) < 4.78 is 10.7. The lowest BCUT2D eigenvalue weighted by Crippen LogP contribution is -2.45. The predicted molar refractivity (Wildman–Crippen MR) is 117 cm³/mol. The summed E-state index contributed by atoms with van der Waals surface area (Å²) >= 11 is 0. The van der Waals surface area contributed by atoms with Crippen molar-refractivity contribution in [2.75, 3.05) is 7.11 Å². The number of ether oxygens (including phenoxy) is 2. The van der Waals surface area contributed by atoms with Crippen molar-refractivity contribution in [3.05, 3.63) is 71.4 Å². The summed E-state index contributed by atoms with van der Waals surface area (Å²) in [5.74, 6) is -0.867. The zero-order chi connectivity index (χ0) is 22.7. The highest BCUT2D eigenvalue weighted by molar-refractivity contribution is 6.01. The average Bonchev–Trinajstić information content (AvgIpc) is 3.14. The maximum absolute atomic E-state index is 13.0. The van der Waals surface area contributed by atoms with Crippen LogP contribution >= 0.6 is 0 Å². The van der Waals surface area contributed by atoms with E-state index in [1.54, 1.807) is 24.4 Å². The van der Waals surface area contributed by atoms with E-state index in [0.29, 0.717) is 23.5 Å². The number of fused-ring (bicyclic) bond motifs is 2. The van der Waals surface area contributed by atoms with Crippen LogP contribution in [0, 0.1) is 0 Å². The van der Waals surface area contributed by atoms with Crippen LogP contribution < -0.4 is 10.5 Å². The van der Waals surface area contributed by atoms with E-state index < -0.39 is 17.9 Å². The van der Waals surface area contributed by atoms with Crippen molar-refractivity contribution in [1.82, 2.24) is 9.88 Å². The van der Waals surface area contributed by atoms with E-state index in [2.05, 4.69) is 9.72 Å². The standard InChI is InChI=1S/C24H23N3O5/c1-31-22(28)10-9-20(23(25)29)27-13-18-17(24(27)30)5-2-6-21(18)32-14-15-7-8-19-16(12-15)4-3-11-26-19/h2-8,11-12,20H,9-10,13-14H2,1H3,(H2,25,29). The average molecular weight is 433 g/mol. The van der Waals surface area contributed by atoms with Gasteiger partial charge in [0.25, 0.3) is 5.91 Å². The smallest absolute Gasteiger partial charge is 0.305 e. The number of nitrogens with zero attached hydrogens (tertiary/aromatic N) is 2. The SMILES string of the molecule is COC(=O)CCC(C(N)=O)N1Cc2c(OCc3ccc4ncccc4c3)cccc2C1=O. The first-order valence-electron chi connectivity index (χ1n) is 10.2. The van der Waals surface area contributed by atoms with Crippen LogP contribution in [-0.2, 0) is 27.5 Å². The molecular weight excluding hydrogens is 410 g/mol. The molecule has 32 heavy (non-hydrogen) atoms.